The van der Waals surface area contributed by atoms with E-state index in [9.17, 15) is 18.5 Å². The fraction of sp³-hybridized carbons (Fsp3) is 0.0833. The van der Waals surface area contributed by atoms with Crippen LogP contribution in [0.1, 0.15) is 5.56 Å². The van der Waals surface area contributed by atoms with E-state index in [2.05, 4.69) is 9.71 Å². The topological polar surface area (TPSA) is 128 Å². The van der Waals surface area contributed by atoms with E-state index >= 15 is 0 Å². The summed E-state index contributed by atoms with van der Waals surface area (Å²) in [6, 6.07) is 6.68. The van der Waals surface area contributed by atoms with Crippen LogP contribution in [0.4, 0.5) is 11.4 Å². The first-order chi connectivity index (χ1) is 9.90. The van der Waals surface area contributed by atoms with Crippen molar-refractivity contribution in [3.63, 3.8) is 0 Å². The molecule has 9 heteroatoms. The van der Waals surface area contributed by atoms with Crippen LogP contribution in [0.5, 0.6) is 0 Å². The van der Waals surface area contributed by atoms with Gasteiger partial charge in [0.1, 0.15) is 0 Å². The van der Waals surface area contributed by atoms with Crippen LogP contribution >= 0.6 is 0 Å². The number of rotatable bonds is 5. The van der Waals surface area contributed by atoms with E-state index in [1.165, 1.54) is 18.5 Å². The van der Waals surface area contributed by atoms with E-state index in [-0.39, 0.29) is 12.2 Å². The van der Waals surface area contributed by atoms with Crippen LogP contribution in [-0.2, 0) is 16.6 Å². The van der Waals surface area contributed by atoms with E-state index in [4.69, 9.17) is 5.73 Å². The summed E-state index contributed by atoms with van der Waals surface area (Å²) in [7, 11) is -4.05. The van der Waals surface area contributed by atoms with Crippen molar-refractivity contribution in [1.82, 2.24) is 9.71 Å². The van der Waals surface area contributed by atoms with Gasteiger partial charge in [0.05, 0.1) is 4.92 Å². The Morgan fingerprint density at radius 3 is 2.52 bits per heavy atom. The van der Waals surface area contributed by atoms with Gasteiger partial charge in [-0.1, -0.05) is 0 Å². The summed E-state index contributed by atoms with van der Waals surface area (Å²) in [6.07, 6.45) is 3.04. The lowest BCUT2D eigenvalue weighted by atomic mass is 10.3. The predicted octanol–water partition coefficient (Wildman–Crippen LogP) is 1.05. The van der Waals surface area contributed by atoms with Crippen LogP contribution in [0.3, 0.4) is 0 Å². The highest BCUT2D eigenvalue weighted by Crippen LogP contribution is 2.25. The van der Waals surface area contributed by atoms with Crippen LogP contribution in [0.25, 0.3) is 0 Å². The Kier molecular flexibility index (Phi) is 4.15. The molecule has 0 aliphatic heterocycles. The molecule has 1 aromatic carbocycles. The SMILES string of the molecule is Nc1ccc([N+](=O)[O-])c(S(=O)(=O)NCc2ccncc2)c1. The zero-order chi connectivity index (χ0) is 15.5. The number of hydrogen-bond acceptors (Lipinski definition) is 6. The number of nitrogens with zero attached hydrogens (tertiary/aromatic N) is 2. The average molecular weight is 308 g/mol. The highest BCUT2D eigenvalue weighted by atomic mass is 32.2. The number of nitrogens with two attached hydrogens (primary N) is 1. The second kappa shape index (κ2) is 5.85. The van der Waals surface area contributed by atoms with Crippen molar-refractivity contribution in [1.29, 1.82) is 0 Å². The Morgan fingerprint density at radius 2 is 1.90 bits per heavy atom. The maximum absolute atomic E-state index is 12.2. The van der Waals surface area contributed by atoms with Crippen molar-refractivity contribution >= 4 is 21.4 Å². The Hall–Kier alpha value is -2.52. The highest BCUT2D eigenvalue weighted by molar-refractivity contribution is 7.89. The third-order valence-electron chi connectivity index (χ3n) is 2.69. The maximum Gasteiger partial charge on any atom is 0.289 e. The lowest BCUT2D eigenvalue weighted by Gasteiger charge is -2.08. The van der Waals surface area contributed by atoms with Crippen LogP contribution in [0.2, 0.25) is 0 Å². The van der Waals surface area contributed by atoms with E-state index in [0.717, 1.165) is 12.1 Å². The van der Waals surface area contributed by atoms with Gasteiger partial charge in [0.15, 0.2) is 4.90 Å². The monoisotopic (exact) mass is 308 g/mol. The second-order valence-corrected chi connectivity index (χ2v) is 5.90. The summed E-state index contributed by atoms with van der Waals surface area (Å²) in [4.78, 5) is 13.5. The fourth-order valence-corrected chi connectivity index (χ4v) is 2.87. The van der Waals surface area contributed by atoms with Gasteiger partial charge in [0.25, 0.3) is 5.69 Å². The van der Waals surface area contributed by atoms with Crippen molar-refractivity contribution in [3.05, 3.63) is 58.4 Å². The quantitative estimate of drug-likeness (QED) is 0.482. The fourth-order valence-electron chi connectivity index (χ4n) is 1.65. The molecule has 0 saturated heterocycles. The molecule has 0 fully saturated rings. The van der Waals surface area contributed by atoms with Crippen LogP contribution in [0, 0.1) is 10.1 Å². The summed E-state index contributed by atoms with van der Waals surface area (Å²) in [6.45, 7) is -0.00317. The number of nitro benzene ring substituents is 1. The molecule has 0 spiro atoms. The normalized spacial score (nSPS) is 11.2. The molecular formula is C12H12N4O4S. The first kappa shape index (κ1) is 14.9. The zero-order valence-corrected chi connectivity index (χ0v) is 11.6. The third kappa shape index (κ3) is 3.52. The molecule has 8 nitrogen and oxygen atoms in total. The van der Waals surface area contributed by atoms with Gasteiger partial charge >= 0.3 is 0 Å². The van der Waals surface area contributed by atoms with Crippen molar-refractivity contribution < 1.29 is 13.3 Å². The highest BCUT2D eigenvalue weighted by Gasteiger charge is 2.25. The summed E-state index contributed by atoms with van der Waals surface area (Å²) in [5, 5.41) is 10.9. The van der Waals surface area contributed by atoms with Gasteiger partial charge in [-0.3, -0.25) is 15.1 Å². The number of anilines is 1. The van der Waals surface area contributed by atoms with E-state index in [1.807, 2.05) is 0 Å². The first-order valence-electron chi connectivity index (χ1n) is 5.82. The number of aromatic nitrogens is 1. The molecule has 0 atom stereocenters. The van der Waals surface area contributed by atoms with Crippen molar-refractivity contribution in [2.45, 2.75) is 11.4 Å². The summed E-state index contributed by atoms with van der Waals surface area (Å²) in [5.41, 5.74) is 5.80. The van der Waals surface area contributed by atoms with Gasteiger partial charge in [0, 0.05) is 30.7 Å². The third-order valence-corrected chi connectivity index (χ3v) is 4.12. The molecule has 0 aliphatic carbocycles. The van der Waals surface area contributed by atoms with Gasteiger partial charge in [-0.15, -0.1) is 0 Å². The van der Waals surface area contributed by atoms with E-state index < -0.39 is 25.5 Å². The minimum absolute atomic E-state index is 0.00317. The molecule has 1 heterocycles. The number of hydrogen-bond donors (Lipinski definition) is 2. The van der Waals surface area contributed by atoms with Gasteiger partial charge in [-0.2, -0.15) is 0 Å². The molecule has 2 aromatic rings. The number of benzene rings is 1. The van der Waals surface area contributed by atoms with Gasteiger partial charge in [-0.25, -0.2) is 13.1 Å². The van der Waals surface area contributed by atoms with Crippen molar-refractivity contribution in [2.24, 2.45) is 0 Å². The molecule has 3 N–H and O–H groups in total. The van der Waals surface area contributed by atoms with Crippen LogP contribution in [-0.4, -0.2) is 18.3 Å². The Balaban J connectivity index is 2.31. The van der Waals surface area contributed by atoms with Gasteiger partial charge in [0.2, 0.25) is 10.0 Å². The zero-order valence-electron chi connectivity index (χ0n) is 10.8. The van der Waals surface area contributed by atoms with Gasteiger partial charge < -0.3 is 5.73 Å². The van der Waals surface area contributed by atoms with Crippen molar-refractivity contribution in [3.8, 4) is 0 Å². The molecule has 0 unspecified atom stereocenters. The van der Waals surface area contributed by atoms with E-state index in [0.29, 0.717) is 5.56 Å². The summed E-state index contributed by atoms with van der Waals surface area (Å²) < 4.78 is 26.7. The number of nitro groups is 1. The molecule has 0 amide bonds. The first-order valence-corrected chi connectivity index (χ1v) is 7.31. The molecule has 2 rings (SSSR count). The number of nitrogen functional groups attached to an aromatic ring is 1. The van der Waals surface area contributed by atoms with E-state index in [1.54, 1.807) is 12.1 Å². The van der Waals surface area contributed by atoms with Crippen molar-refractivity contribution in [2.75, 3.05) is 5.73 Å². The van der Waals surface area contributed by atoms with Crippen LogP contribution < -0.4 is 10.5 Å². The minimum atomic E-state index is -4.05. The molecule has 0 saturated carbocycles. The molecule has 21 heavy (non-hydrogen) atoms. The smallest absolute Gasteiger partial charge is 0.289 e. The molecule has 0 radical (unpaired) electrons. The summed E-state index contributed by atoms with van der Waals surface area (Å²) >= 11 is 0. The average Bonchev–Trinajstić information content (AvgIpc) is 2.46. The molecular weight excluding hydrogens is 296 g/mol. The Morgan fingerprint density at radius 1 is 1.24 bits per heavy atom. The minimum Gasteiger partial charge on any atom is -0.399 e. The lowest BCUT2D eigenvalue weighted by Crippen LogP contribution is -2.24. The Labute approximate surface area is 120 Å². The Bertz CT molecular complexity index is 762. The number of sulfonamides is 1. The molecule has 0 aliphatic rings. The number of pyridine rings is 1. The largest absolute Gasteiger partial charge is 0.399 e. The standard InChI is InChI=1S/C12H12N4O4S/c13-10-1-2-11(16(17)18)12(7-10)21(19,20)15-8-9-3-5-14-6-4-9/h1-7,15H,8,13H2. The number of nitrogens with one attached hydrogen (secondary N) is 1. The maximum atomic E-state index is 12.2. The van der Waals surface area contributed by atoms with Crippen LogP contribution in [0.15, 0.2) is 47.6 Å². The predicted molar refractivity (Wildman–Crippen MR) is 75.8 cm³/mol. The van der Waals surface area contributed by atoms with Gasteiger partial charge in [-0.05, 0) is 29.8 Å². The molecule has 110 valence electrons. The lowest BCUT2D eigenvalue weighted by molar-refractivity contribution is -0.387. The summed E-state index contributed by atoms with van der Waals surface area (Å²) in [5.74, 6) is 0. The molecule has 1 aromatic heterocycles. The molecule has 0 bridgehead atoms. The second-order valence-electron chi connectivity index (χ2n) is 4.16.